The number of sulfonamides is 1. The van der Waals surface area contributed by atoms with Gasteiger partial charge in [0.25, 0.3) is 5.91 Å². The van der Waals surface area contributed by atoms with Gasteiger partial charge in [-0.1, -0.05) is 29.3 Å². The molecule has 1 fully saturated rings. The second-order valence-electron chi connectivity index (χ2n) is 5.24. The van der Waals surface area contributed by atoms with Gasteiger partial charge in [0.2, 0.25) is 10.0 Å². The predicted molar refractivity (Wildman–Crippen MR) is 84.6 cm³/mol. The highest BCUT2D eigenvalue weighted by Crippen LogP contribution is 2.30. The zero-order valence-electron chi connectivity index (χ0n) is 12.1. The molecule has 0 aromatic heterocycles. The van der Waals surface area contributed by atoms with Crippen molar-refractivity contribution in [1.29, 1.82) is 0 Å². The standard InChI is InChI=1S/C13H17Cl2N3O3S/c1-9(13(16)19)17-5-7-18(8-6-17)22(20,21)11-4-2-3-10(14)12(11)15/h2-4,9H,5-8H2,1H3,(H2,16,19)/p+1/t9-/m0/s1. The summed E-state index contributed by atoms with van der Waals surface area (Å²) in [6.45, 7) is 3.38. The van der Waals surface area contributed by atoms with E-state index in [1.807, 2.05) is 0 Å². The SMILES string of the molecule is C[C@@H](C(N)=O)[NH+]1CCN(S(=O)(=O)c2cccc(Cl)c2Cl)CC1. The van der Waals surface area contributed by atoms with Crippen LogP contribution < -0.4 is 10.6 Å². The minimum absolute atomic E-state index is 0.00747. The average molecular weight is 367 g/mol. The molecule has 1 aliphatic rings. The fraction of sp³-hybridized carbons (Fsp3) is 0.462. The maximum atomic E-state index is 12.7. The highest BCUT2D eigenvalue weighted by molar-refractivity contribution is 7.89. The Bertz CT molecular complexity index is 673. The van der Waals surface area contributed by atoms with Gasteiger partial charge >= 0.3 is 0 Å². The van der Waals surface area contributed by atoms with Crippen molar-refractivity contribution in [2.75, 3.05) is 26.2 Å². The lowest BCUT2D eigenvalue weighted by Crippen LogP contribution is -3.19. The van der Waals surface area contributed by atoms with E-state index in [-0.39, 0.29) is 26.9 Å². The molecule has 0 spiro atoms. The van der Waals surface area contributed by atoms with Crippen LogP contribution in [-0.4, -0.2) is 50.9 Å². The molecule has 1 aromatic carbocycles. The van der Waals surface area contributed by atoms with Crippen molar-refractivity contribution in [1.82, 2.24) is 4.31 Å². The number of carbonyl (C=O) groups is 1. The first-order chi connectivity index (χ1) is 10.2. The molecule has 9 heteroatoms. The molecule has 0 aliphatic carbocycles. The summed E-state index contributed by atoms with van der Waals surface area (Å²) in [6.07, 6.45) is 0. The monoisotopic (exact) mass is 366 g/mol. The number of nitrogens with two attached hydrogens (primary N) is 1. The van der Waals surface area contributed by atoms with Gasteiger partial charge in [0.05, 0.1) is 36.2 Å². The van der Waals surface area contributed by atoms with Gasteiger partial charge in [0.15, 0.2) is 6.04 Å². The number of nitrogens with zero attached hydrogens (tertiary/aromatic N) is 1. The van der Waals surface area contributed by atoms with E-state index in [2.05, 4.69) is 0 Å². The molecule has 1 saturated heterocycles. The molecule has 6 nitrogen and oxygen atoms in total. The van der Waals surface area contributed by atoms with E-state index in [0.29, 0.717) is 26.2 Å². The van der Waals surface area contributed by atoms with E-state index in [1.54, 1.807) is 19.1 Å². The average Bonchev–Trinajstić information content (AvgIpc) is 2.49. The number of halogens is 2. The Balaban J connectivity index is 2.16. The van der Waals surface area contributed by atoms with E-state index in [1.165, 1.54) is 10.4 Å². The fourth-order valence-electron chi connectivity index (χ4n) is 2.47. The van der Waals surface area contributed by atoms with Crippen LogP contribution in [0.25, 0.3) is 0 Å². The van der Waals surface area contributed by atoms with Crippen LogP contribution in [0.5, 0.6) is 0 Å². The number of nitrogens with one attached hydrogen (secondary N) is 1. The van der Waals surface area contributed by atoms with Gasteiger partial charge in [0.1, 0.15) is 4.90 Å². The minimum Gasteiger partial charge on any atom is -0.365 e. The van der Waals surface area contributed by atoms with Gasteiger partial charge in [-0.3, -0.25) is 4.79 Å². The Kier molecular flexibility index (Phi) is 5.34. The topological polar surface area (TPSA) is 84.9 Å². The Labute approximate surface area is 139 Å². The number of quaternary nitrogens is 1. The molecule has 1 amide bonds. The number of primary amides is 1. The molecule has 0 bridgehead atoms. The molecular weight excluding hydrogens is 349 g/mol. The molecule has 0 unspecified atom stereocenters. The Morgan fingerprint density at radius 2 is 1.91 bits per heavy atom. The Hall–Kier alpha value is -0.860. The van der Waals surface area contributed by atoms with E-state index in [9.17, 15) is 13.2 Å². The fourth-order valence-corrected chi connectivity index (χ4v) is 4.65. The van der Waals surface area contributed by atoms with Crippen LogP contribution in [0.2, 0.25) is 10.0 Å². The summed E-state index contributed by atoms with van der Waals surface area (Å²) >= 11 is 11.9. The molecule has 122 valence electrons. The number of rotatable bonds is 4. The molecule has 3 N–H and O–H groups in total. The summed E-state index contributed by atoms with van der Waals surface area (Å²) in [5, 5.41) is 0.235. The predicted octanol–water partition coefficient (Wildman–Crippen LogP) is -0.244. The smallest absolute Gasteiger partial charge is 0.275 e. The van der Waals surface area contributed by atoms with Crippen LogP contribution in [0.15, 0.2) is 23.1 Å². The molecule has 1 heterocycles. The zero-order valence-corrected chi connectivity index (χ0v) is 14.4. The molecule has 0 saturated carbocycles. The van der Waals surface area contributed by atoms with Crippen molar-refractivity contribution >= 4 is 39.1 Å². The van der Waals surface area contributed by atoms with Crippen molar-refractivity contribution in [2.24, 2.45) is 5.73 Å². The van der Waals surface area contributed by atoms with Crippen LogP contribution in [0.1, 0.15) is 6.92 Å². The molecule has 1 aromatic rings. The van der Waals surface area contributed by atoms with Gasteiger partial charge in [0, 0.05) is 0 Å². The first kappa shape index (κ1) is 17.5. The number of hydrogen-bond acceptors (Lipinski definition) is 3. The van der Waals surface area contributed by atoms with E-state index in [4.69, 9.17) is 28.9 Å². The first-order valence-electron chi connectivity index (χ1n) is 6.83. The Morgan fingerprint density at radius 1 is 1.32 bits per heavy atom. The summed E-state index contributed by atoms with van der Waals surface area (Å²) in [7, 11) is -3.70. The number of carbonyl (C=O) groups excluding carboxylic acids is 1. The summed E-state index contributed by atoms with van der Waals surface area (Å²) in [5.74, 6) is -0.385. The molecule has 1 aliphatic heterocycles. The summed E-state index contributed by atoms with van der Waals surface area (Å²) in [4.78, 5) is 12.2. The second-order valence-corrected chi connectivity index (χ2v) is 7.93. The lowest BCUT2D eigenvalue weighted by atomic mass is 10.2. The van der Waals surface area contributed by atoms with Gasteiger partial charge in [-0.2, -0.15) is 4.31 Å². The molecule has 2 rings (SSSR count). The van der Waals surface area contributed by atoms with Crippen LogP contribution in [0.3, 0.4) is 0 Å². The van der Waals surface area contributed by atoms with Crippen molar-refractivity contribution < 1.29 is 18.1 Å². The Morgan fingerprint density at radius 3 is 2.45 bits per heavy atom. The molecular formula is C13H18Cl2N3O3S+. The van der Waals surface area contributed by atoms with Crippen LogP contribution in [0, 0.1) is 0 Å². The van der Waals surface area contributed by atoms with Crippen molar-refractivity contribution in [2.45, 2.75) is 17.9 Å². The second kappa shape index (κ2) is 6.72. The van der Waals surface area contributed by atoms with Crippen molar-refractivity contribution in [3.63, 3.8) is 0 Å². The highest BCUT2D eigenvalue weighted by Gasteiger charge is 2.34. The van der Waals surface area contributed by atoms with Crippen molar-refractivity contribution in [3.05, 3.63) is 28.2 Å². The summed E-state index contributed by atoms with van der Waals surface area (Å²) in [6, 6.07) is 4.20. The van der Waals surface area contributed by atoms with E-state index in [0.717, 1.165) is 4.90 Å². The third kappa shape index (κ3) is 3.38. The largest absolute Gasteiger partial charge is 0.365 e. The van der Waals surface area contributed by atoms with E-state index < -0.39 is 10.0 Å². The molecule has 1 atom stereocenters. The first-order valence-corrected chi connectivity index (χ1v) is 9.03. The summed E-state index contributed by atoms with van der Waals surface area (Å²) in [5.41, 5.74) is 5.29. The lowest BCUT2D eigenvalue weighted by Gasteiger charge is -2.33. The van der Waals surface area contributed by atoms with Crippen LogP contribution in [0.4, 0.5) is 0 Å². The van der Waals surface area contributed by atoms with Crippen LogP contribution >= 0.6 is 23.2 Å². The van der Waals surface area contributed by atoms with Gasteiger partial charge in [-0.25, -0.2) is 8.42 Å². The normalized spacial score (nSPS) is 19.0. The third-order valence-corrected chi connectivity index (χ3v) is 6.81. The lowest BCUT2D eigenvalue weighted by molar-refractivity contribution is -0.917. The molecule has 22 heavy (non-hydrogen) atoms. The number of benzene rings is 1. The quantitative estimate of drug-likeness (QED) is 0.770. The highest BCUT2D eigenvalue weighted by atomic mass is 35.5. The zero-order chi connectivity index (χ0) is 16.5. The van der Waals surface area contributed by atoms with Crippen LogP contribution in [-0.2, 0) is 14.8 Å². The van der Waals surface area contributed by atoms with Gasteiger partial charge in [-0.15, -0.1) is 0 Å². The minimum atomic E-state index is -3.70. The van der Waals surface area contributed by atoms with Gasteiger partial charge in [-0.05, 0) is 19.1 Å². The van der Waals surface area contributed by atoms with Gasteiger partial charge < -0.3 is 10.6 Å². The number of amides is 1. The summed E-state index contributed by atoms with van der Waals surface area (Å²) < 4.78 is 26.7. The number of hydrogen-bond donors (Lipinski definition) is 2. The maximum absolute atomic E-state index is 12.7. The molecule has 0 radical (unpaired) electrons. The number of piperazine rings is 1. The maximum Gasteiger partial charge on any atom is 0.275 e. The van der Waals surface area contributed by atoms with E-state index >= 15 is 0 Å². The third-order valence-electron chi connectivity index (χ3n) is 3.94. The van der Waals surface area contributed by atoms with Crippen molar-refractivity contribution in [3.8, 4) is 0 Å².